The second-order valence-corrected chi connectivity index (χ2v) is 4.53. The van der Waals surface area contributed by atoms with E-state index in [1.807, 2.05) is 10.8 Å². The van der Waals surface area contributed by atoms with E-state index in [4.69, 9.17) is 0 Å². The quantitative estimate of drug-likeness (QED) is 0.761. The smallest absolute Gasteiger partial charge is 0.254 e. The number of aryl methyl sites for hydroxylation is 1. The van der Waals surface area contributed by atoms with Crippen LogP contribution in [-0.2, 0) is 6.54 Å². The van der Waals surface area contributed by atoms with Crippen molar-refractivity contribution in [1.29, 1.82) is 0 Å². The first-order chi connectivity index (χ1) is 10.2. The highest BCUT2D eigenvalue weighted by molar-refractivity contribution is 5.95. The predicted octanol–water partition coefficient (Wildman–Crippen LogP) is 1.67. The topological polar surface area (TPSA) is 71.8 Å². The summed E-state index contributed by atoms with van der Waals surface area (Å²) in [4.78, 5) is 19.7. The van der Waals surface area contributed by atoms with Gasteiger partial charge < -0.3 is 15.2 Å². The number of imidazole rings is 1. The van der Waals surface area contributed by atoms with Crippen LogP contribution in [0, 0.1) is 5.82 Å². The van der Waals surface area contributed by atoms with Crippen LogP contribution >= 0.6 is 0 Å². The van der Waals surface area contributed by atoms with Gasteiger partial charge in [0.2, 0.25) is 0 Å². The van der Waals surface area contributed by atoms with Crippen LogP contribution in [0.1, 0.15) is 23.2 Å². The zero-order valence-corrected chi connectivity index (χ0v) is 11.8. The molecule has 0 radical (unpaired) electrons. The van der Waals surface area contributed by atoms with Crippen molar-refractivity contribution in [3.05, 3.63) is 42.4 Å². The maximum Gasteiger partial charge on any atom is 0.254 e. The van der Waals surface area contributed by atoms with Crippen molar-refractivity contribution in [3.63, 3.8) is 0 Å². The van der Waals surface area contributed by atoms with E-state index in [0.29, 0.717) is 6.54 Å². The number of nitrogens with zero attached hydrogens (tertiary/aromatic N) is 3. The maximum atomic E-state index is 13.9. The van der Waals surface area contributed by atoms with E-state index in [1.54, 1.807) is 19.6 Å². The van der Waals surface area contributed by atoms with Crippen LogP contribution < -0.4 is 10.6 Å². The number of pyridine rings is 1. The first-order valence-corrected chi connectivity index (χ1v) is 6.78. The fourth-order valence-corrected chi connectivity index (χ4v) is 1.93. The van der Waals surface area contributed by atoms with Crippen molar-refractivity contribution in [2.24, 2.45) is 0 Å². The van der Waals surface area contributed by atoms with E-state index in [9.17, 15) is 9.18 Å². The van der Waals surface area contributed by atoms with E-state index < -0.39 is 11.7 Å². The summed E-state index contributed by atoms with van der Waals surface area (Å²) in [5.41, 5.74) is 0.00367. The Morgan fingerprint density at radius 1 is 1.38 bits per heavy atom. The monoisotopic (exact) mass is 291 g/mol. The fraction of sp³-hybridized carbons (Fsp3) is 0.357. The third-order valence-electron chi connectivity index (χ3n) is 3.06. The lowest BCUT2D eigenvalue weighted by atomic mass is 10.2. The molecule has 0 aliphatic carbocycles. The molecule has 0 saturated heterocycles. The molecule has 0 bridgehead atoms. The summed E-state index contributed by atoms with van der Waals surface area (Å²) in [6.45, 7) is 1.35. The van der Waals surface area contributed by atoms with Crippen molar-refractivity contribution < 1.29 is 9.18 Å². The van der Waals surface area contributed by atoms with Gasteiger partial charge in [-0.15, -0.1) is 0 Å². The van der Waals surface area contributed by atoms with Gasteiger partial charge in [-0.3, -0.25) is 4.79 Å². The van der Waals surface area contributed by atoms with Gasteiger partial charge in [0.1, 0.15) is 0 Å². The molecule has 2 N–H and O–H groups in total. The number of nitrogens with one attached hydrogen (secondary N) is 2. The van der Waals surface area contributed by atoms with Gasteiger partial charge in [-0.05, 0) is 18.9 Å². The average Bonchev–Trinajstić information content (AvgIpc) is 3.00. The van der Waals surface area contributed by atoms with E-state index in [1.165, 1.54) is 12.3 Å². The highest BCUT2D eigenvalue weighted by atomic mass is 19.1. The minimum absolute atomic E-state index is 0.00367. The number of carbonyl (C=O) groups is 1. The number of hydrogen-bond donors (Lipinski definition) is 2. The standard InChI is InChI=1S/C14H18FN5O/c1-16-13-12(15)11(4-6-18-13)14(21)19-5-2-3-8-20-9-7-17-10-20/h4,6-7,9-10H,2-3,5,8H2,1H3,(H,16,18)(H,19,21). The number of unbranched alkanes of at least 4 members (excludes halogenated alkanes) is 1. The van der Waals surface area contributed by atoms with Gasteiger partial charge in [0.15, 0.2) is 11.6 Å². The van der Waals surface area contributed by atoms with Crippen molar-refractivity contribution in [2.45, 2.75) is 19.4 Å². The average molecular weight is 291 g/mol. The van der Waals surface area contributed by atoms with Gasteiger partial charge in [-0.25, -0.2) is 14.4 Å². The van der Waals surface area contributed by atoms with Gasteiger partial charge in [0.05, 0.1) is 11.9 Å². The molecule has 0 aliphatic heterocycles. The molecule has 2 aromatic heterocycles. The highest BCUT2D eigenvalue weighted by Crippen LogP contribution is 2.14. The maximum absolute atomic E-state index is 13.9. The van der Waals surface area contributed by atoms with Crippen molar-refractivity contribution in [1.82, 2.24) is 19.9 Å². The number of anilines is 1. The number of halogens is 1. The highest BCUT2D eigenvalue weighted by Gasteiger charge is 2.14. The minimum atomic E-state index is -0.629. The van der Waals surface area contributed by atoms with Crippen LogP contribution in [0.3, 0.4) is 0 Å². The summed E-state index contributed by atoms with van der Waals surface area (Å²) in [5, 5.41) is 5.32. The van der Waals surface area contributed by atoms with E-state index in [-0.39, 0.29) is 11.4 Å². The molecule has 0 unspecified atom stereocenters. The zero-order chi connectivity index (χ0) is 15.1. The lowest BCUT2D eigenvalue weighted by Crippen LogP contribution is -2.26. The second-order valence-electron chi connectivity index (χ2n) is 4.53. The lowest BCUT2D eigenvalue weighted by Gasteiger charge is -2.08. The van der Waals surface area contributed by atoms with Crippen LogP contribution in [0.4, 0.5) is 10.2 Å². The molecule has 6 nitrogen and oxygen atoms in total. The molecule has 0 fully saturated rings. The summed E-state index contributed by atoms with van der Waals surface area (Å²) < 4.78 is 15.9. The Morgan fingerprint density at radius 3 is 2.95 bits per heavy atom. The number of rotatable bonds is 7. The zero-order valence-electron chi connectivity index (χ0n) is 11.8. The Morgan fingerprint density at radius 2 is 2.24 bits per heavy atom. The minimum Gasteiger partial charge on any atom is -0.371 e. The SMILES string of the molecule is CNc1nccc(C(=O)NCCCCn2ccnc2)c1F. The molecule has 0 aromatic carbocycles. The Labute approximate surface area is 122 Å². The molecule has 2 aromatic rings. The van der Waals surface area contributed by atoms with Gasteiger partial charge in [-0.1, -0.05) is 0 Å². The largest absolute Gasteiger partial charge is 0.371 e. The number of aromatic nitrogens is 3. The van der Waals surface area contributed by atoms with Gasteiger partial charge in [-0.2, -0.15) is 0 Å². The van der Waals surface area contributed by atoms with Crippen molar-refractivity contribution in [3.8, 4) is 0 Å². The Bertz CT molecular complexity index is 585. The number of hydrogen-bond acceptors (Lipinski definition) is 4. The van der Waals surface area contributed by atoms with E-state index in [2.05, 4.69) is 20.6 Å². The normalized spacial score (nSPS) is 10.4. The van der Waals surface area contributed by atoms with Crippen LogP contribution in [0.15, 0.2) is 31.0 Å². The van der Waals surface area contributed by atoms with Crippen LogP contribution in [0.5, 0.6) is 0 Å². The summed E-state index contributed by atoms with van der Waals surface area (Å²) in [6, 6.07) is 1.37. The van der Waals surface area contributed by atoms with Crippen LogP contribution in [0.25, 0.3) is 0 Å². The Hall–Kier alpha value is -2.44. The molecule has 2 rings (SSSR count). The predicted molar refractivity (Wildman–Crippen MR) is 77.5 cm³/mol. The number of carbonyl (C=O) groups excluding carboxylic acids is 1. The van der Waals surface area contributed by atoms with Gasteiger partial charge in [0.25, 0.3) is 5.91 Å². The van der Waals surface area contributed by atoms with E-state index >= 15 is 0 Å². The molecular formula is C14H18FN5O. The van der Waals surface area contributed by atoms with Gasteiger partial charge in [0, 0.05) is 38.7 Å². The Kier molecular flexibility index (Phi) is 5.25. The summed E-state index contributed by atoms with van der Waals surface area (Å²) in [6.07, 6.45) is 8.51. The summed E-state index contributed by atoms with van der Waals surface area (Å²) in [5.74, 6) is -0.979. The van der Waals surface area contributed by atoms with E-state index in [0.717, 1.165) is 19.4 Å². The molecule has 7 heteroatoms. The first-order valence-electron chi connectivity index (χ1n) is 6.78. The Balaban J connectivity index is 1.77. The molecule has 1 amide bonds. The number of amides is 1. The third kappa shape index (κ3) is 4.01. The first kappa shape index (κ1) is 15.0. The van der Waals surface area contributed by atoms with Crippen LogP contribution in [0.2, 0.25) is 0 Å². The molecule has 2 heterocycles. The second kappa shape index (κ2) is 7.37. The molecule has 0 spiro atoms. The van der Waals surface area contributed by atoms with Crippen molar-refractivity contribution in [2.75, 3.05) is 18.9 Å². The molecule has 112 valence electrons. The molecule has 0 aliphatic rings. The van der Waals surface area contributed by atoms with Gasteiger partial charge >= 0.3 is 0 Å². The molecule has 21 heavy (non-hydrogen) atoms. The fourth-order valence-electron chi connectivity index (χ4n) is 1.93. The third-order valence-corrected chi connectivity index (χ3v) is 3.06. The summed E-state index contributed by atoms with van der Waals surface area (Å²) in [7, 11) is 1.56. The summed E-state index contributed by atoms with van der Waals surface area (Å²) >= 11 is 0. The van der Waals surface area contributed by atoms with Crippen molar-refractivity contribution >= 4 is 11.7 Å². The molecule has 0 atom stereocenters. The molecular weight excluding hydrogens is 273 g/mol. The molecule has 0 saturated carbocycles. The van der Waals surface area contributed by atoms with Crippen LogP contribution in [-0.4, -0.2) is 34.0 Å². The lowest BCUT2D eigenvalue weighted by molar-refractivity contribution is 0.0949.